The second-order valence-electron chi connectivity index (χ2n) is 5.94. The Morgan fingerprint density at radius 1 is 1.28 bits per heavy atom. The fourth-order valence-corrected chi connectivity index (χ4v) is 2.61. The Morgan fingerprint density at radius 3 is 2.60 bits per heavy atom. The van der Waals surface area contributed by atoms with Crippen molar-refractivity contribution < 1.29 is 14.3 Å². The quantitative estimate of drug-likeness (QED) is 0.623. The Labute approximate surface area is 148 Å². The minimum atomic E-state index is -0.857. The van der Waals surface area contributed by atoms with Gasteiger partial charge in [-0.1, -0.05) is 36.4 Å². The average molecular weight is 340 g/mol. The summed E-state index contributed by atoms with van der Waals surface area (Å²) in [5.41, 5.74) is 3.43. The highest BCUT2D eigenvalue weighted by Gasteiger charge is 2.22. The third-order valence-electron chi connectivity index (χ3n) is 4.05. The molecule has 1 N–H and O–H groups in total. The van der Waals surface area contributed by atoms with E-state index in [0.29, 0.717) is 18.7 Å². The maximum absolute atomic E-state index is 12.4. The first-order chi connectivity index (χ1) is 11.9. The van der Waals surface area contributed by atoms with Crippen LogP contribution in [-0.4, -0.2) is 29.1 Å². The van der Waals surface area contributed by atoms with Gasteiger partial charge in [0, 0.05) is 24.5 Å². The smallest absolute Gasteiger partial charge is 0.340 e. The molecule has 0 aliphatic rings. The third kappa shape index (κ3) is 4.59. The highest BCUT2D eigenvalue weighted by molar-refractivity contribution is 5.93. The summed E-state index contributed by atoms with van der Waals surface area (Å²) in [6.07, 6.45) is 0.716. The number of esters is 1. The van der Waals surface area contributed by atoms with Crippen molar-refractivity contribution in [2.45, 2.75) is 33.4 Å². The van der Waals surface area contributed by atoms with Crippen molar-refractivity contribution in [1.29, 1.82) is 0 Å². The van der Waals surface area contributed by atoms with Crippen LogP contribution in [0.5, 0.6) is 0 Å². The SMILES string of the molecule is C=CCNC(=O)[C@@H](C)OC(=O)c1cc(C)n(Cc2ccccc2)c1C. The summed E-state index contributed by atoms with van der Waals surface area (Å²) >= 11 is 0. The van der Waals surface area contributed by atoms with Gasteiger partial charge in [0.1, 0.15) is 0 Å². The van der Waals surface area contributed by atoms with Crippen molar-refractivity contribution in [3.63, 3.8) is 0 Å². The van der Waals surface area contributed by atoms with Crippen LogP contribution in [0.4, 0.5) is 0 Å². The summed E-state index contributed by atoms with van der Waals surface area (Å²) in [5.74, 6) is -0.833. The van der Waals surface area contributed by atoms with Crippen molar-refractivity contribution in [2.24, 2.45) is 0 Å². The largest absolute Gasteiger partial charge is 0.449 e. The lowest BCUT2D eigenvalue weighted by Gasteiger charge is -2.13. The molecule has 1 heterocycles. The molecule has 25 heavy (non-hydrogen) atoms. The number of aryl methyl sites for hydroxylation is 1. The first kappa shape index (κ1) is 18.5. The zero-order valence-corrected chi connectivity index (χ0v) is 14.9. The van der Waals surface area contributed by atoms with Gasteiger partial charge in [0.15, 0.2) is 6.10 Å². The molecule has 0 spiro atoms. The van der Waals surface area contributed by atoms with E-state index in [2.05, 4.69) is 16.5 Å². The summed E-state index contributed by atoms with van der Waals surface area (Å²) in [6.45, 7) is 9.95. The van der Waals surface area contributed by atoms with Gasteiger partial charge < -0.3 is 14.6 Å². The Kier molecular flexibility index (Phi) is 6.17. The standard InChI is InChI=1S/C20H24N2O3/c1-5-11-21-19(23)16(4)25-20(24)18-12-14(2)22(15(18)3)13-17-9-7-6-8-10-17/h5-10,12,16H,1,11,13H2,2-4H3,(H,21,23)/t16-/m1/s1. The molecule has 1 atom stereocenters. The van der Waals surface area contributed by atoms with Crippen LogP contribution >= 0.6 is 0 Å². The summed E-state index contributed by atoms with van der Waals surface area (Å²) in [5, 5.41) is 2.61. The van der Waals surface area contributed by atoms with Crippen molar-refractivity contribution in [3.8, 4) is 0 Å². The first-order valence-electron chi connectivity index (χ1n) is 8.24. The van der Waals surface area contributed by atoms with E-state index in [9.17, 15) is 9.59 Å². The zero-order chi connectivity index (χ0) is 18.4. The molecule has 1 aromatic heterocycles. The molecule has 0 saturated carbocycles. The van der Waals surface area contributed by atoms with Crippen molar-refractivity contribution >= 4 is 11.9 Å². The molecular weight excluding hydrogens is 316 g/mol. The molecule has 0 unspecified atom stereocenters. The van der Waals surface area contributed by atoms with Crippen molar-refractivity contribution in [2.75, 3.05) is 6.54 Å². The van der Waals surface area contributed by atoms with Crippen LogP contribution in [0.25, 0.3) is 0 Å². The Bertz CT molecular complexity index is 763. The molecule has 0 aliphatic carbocycles. The molecule has 0 aliphatic heterocycles. The summed E-state index contributed by atoms with van der Waals surface area (Å²) < 4.78 is 7.36. The Morgan fingerprint density at radius 2 is 1.96 bits per heavy atom. The van der Waals surface area contributed by atoms with Gasteiger partial charge in [-0.15, -0.1) is 6.58 Å². The molecule has 0 radical (unpaired) electrons. The van der Waals surface area contributed by atoms with Crippen LogP contribution in [-0.2, 0) is 16.1 Å². The van der Waals surface area contributed by atoms with E-state index in [1.54, 1.807) is 19.1 Å². The number of hydrogen-bond donors (Lipinski definition) is 1. The van der Waals surface area contributed by atoms with Gasteiger partial charge in [-0.2, -0.15) is 0 Å². The maximum atomic E-state index is 12.4. The topological polar surface area (TPSA) is 60.3 Å². The monoisotopic (exact) mass is 340 g/mol. The molecule has 0 bridgehead atoms. The summed E-state index contributed by atoms with van der Waals surface area (Å²) in [6, 6.07) is 11.8. The average Bonchev–Trinajstić information content (AvgIpc) is 2.88. The zero-order valence-electron chi connectivity index (χ0n) is 14.9. The predicted octanol–water partition coefficient (Wildman–Crippen LogP) is 3.00. The minimum absolute atomic E-state index is 0.340. The molecule has 1 amide bonds. The van der Waals surface area contributed by atoms with E-state index >= 15 is 0 Å². The summed E-state index contributed by atoms with van der Waals surface area (Å²) in [4.78, 5) is 24.3. The van der Waals surface area contributed by atoms with Gasteiger partial charge in [0.2, 0.25) is 0 Å². The highest BCUT2D eigenvalue weighted by atomic mass is 16.5. The van der Waals surface area contributed by atoms with Crippen LogP contribution in [0, 0.1) is 13.8 Å². The van der Waals surface area contributed by atoms with Gasteiger partial charge in [-0.05, 0) is 32.4 Å². The molecule has 5 heteroatoms. The lowest BCUT2D eigenvalue weighted by Crippen LogP contribution is -2.35. The van der Waals surface area contributed by atoms with E-state index in [1.807, 2.05) is 44.2 Å². The van der Waals surface area contributed by atoms with Crippen molar-refractivity contribution in [3.05, 3.63) is 71.6 Å². The number of nitrogens with one attached hydrogen (secondary N) is 1. The Balaban J connectivity index is 2.12. The number of benzene rings is 1. The predicted molar refractivity (Wildman–Crippen MR) is 97.5 cm³/mol. The number of aromatic nitrogens is 1. The van der Waals surface area contributed by atoms with E-state index in [0.717, 1.165) is 17.0 Å². The first-order valence-corrected chi connectivity index (χ1v) is 8.24. The van der Waals surface area contributed by atoms with Crippen LogP contribution in [0.15, 0.2) is 49.1 Å². The number of carbonyl (C=O) groups is 2. The van der Waals surface area contributed by atoms with Crippen LogP contribution in [0.1, 0.15) is 34.2 Å². The van der Waals surface area contributed by atoms with E-state index in [4.69, 9.17) is 4.74 Å². The van der Waals surface area contributed by atoms with Gasteiger partial charge in [0.05, 0.1) is 5.56 Å². The molecule has 5 nitrogen and oxygen atoms in total. The highest BCUT2D eigenvalue weighted by Crippen LogP contribution is 2.18. The molecule has 2 aromatic rings. The van der Waals surface area contributed by atoms with Crippen LogP contribution in [0.3, 0.4) is 0 Å². The molecule has 0 saturated heterocycles. The van der Waals surface area contributed by atoms with Crippen LogP contribution < -0.4 is 5.32 Å². The van der Waals surface area contributed by atoms with E-state index < -0.39 is 12.1 Å². The van der Waals surface area contributed by atoms with Gasteiger partial charge >= 0.3 is 5.97 Å². The number of ether oxygens (including phenoxy) is 1. The number of hydrogen-bond acceptors (Lipinski definition) is 3. The lowest BCUT2D eigenvalue weighted by atomic mass is 10.2. The molecule has 132 valence electrons. The second kappa shape index (κ2) is 8.33. The van der Waals surface area contributed by atoms with Gasteiger partial charge in [0.25, 0.3) is 5.91 Å². The number of nitrogens with zero attached hydrogens (tertiary/aromatic N) is 1. The van der Waals surface area contributed by atoms with E-state index in [-0.39, 0.29) is 5.91 Å². The van der Waals surface area contributed by atoms with E-state index in [1.165, 1.54) is 0 Å². The fraction of sp³-hybridized carbons (Fsp3) is 0.300. The number of rotatable bonds is 7. The Hall–Kier alpha value is -2.82. The minimum Gasteiger partial charge on any atom is -0.449 e. The van der Waals surface area contributed by atoms with Crippen LogP contribution in [0.2, 0.25) is 0 Å². The van der Waals surface area contributed by atoms with Gasteiger partial charge in [-0.25, -0.2) is 4.79 Å². The second-order valence-corrected chi connectivity index (χ2v) is 5.94. The number of carbonyl (C=O) groups excluding carboxylic acids is 2. The molecule has 0 fully saturated rings. The third-order valence-corrected chi connectivity index (χ3v) is 4.05. The number of amides is 1. The molecular formula is C20H24N2O3. The van der Waals surface area contributed by atoms with Gasteiger partial charge in [-0.3, -0.25) is 4.79 Å². The maximum Gasteiger partial charge on any atom is 0.340 e. The fourth-order valence-electron chi connectivity index (χ4n) is 2.61. The lowest BCUT2D eigenvalue weighted by molar-refractivity contribution is -0.128. The summed E-state index contributed by atoms with van der Waals surface area (Å²) in [7, 11) is 0. The molecule has 2 rings (SSSR count). The normalized spacial score (nSPS) is 11.6. The van der Waals surface area contributed by atoms with Crippen molar-refractivity contribution in [1.82, 2.24) is 9.88 Å². The molecule has 1 aromatic carbocycles.